The molecular formula is C22H26ClNO4. The average molecular weight is 404 g/mol. The van der Waals surface area contributed by atoms with Gasteiger partial charge >= 0.3 is 0 Å². The van der Waals surface area contributed by atoms with Crippen molar-refractivity contribution >= 4 is 17.5 Å². The van der Waals surface area contributed by atoms with E-state index in [2.05, 4.69) is 11.4 Å². The maximum absolute atomic E-state index is 12.1. The quantitative estimate of drug-likeness (QED) is 0.799. The first-order valence-corrected chi connectivity index (χ1v) is 9.60. The van der Waals surface area contributed by atoms with E-state index in [4.69, 9.17) is 25.8 Å². The average Bonchev–Trinajstić information content (AvgIpc) is 3.08. The number of hydrogen-bond acceptors (Lipinski definition) is 4. The predicted octanol–water partition coefficient (Wildman–Crippen LogP) is 4.49. The molecule has 1 heterocycles. The van der Waals surface area contributed by atoms with Gasteiger partial charge in [-0.25, -0.2) is 0 Å². The van der Waals surface area contributed by atoms with E-state index in [0.717, 1.165) is 28.2 Å². The van der Waals surface area contributed by atoms with Gasteiger partial charge in [0.1, 0.15) is 23.4 Å². The van der Waals surface area contributed by atoms with Crippen molar-refractivity contribution in [2.75, 3.05) is 20.8 Å². The molecule has 1 unspecified atom stereocenters. The minimum absolute atomic E-state index is 0.0000379. The number of nitrogens with one attached hydrogen (secondary N) is 1. The number of ether oxygens (including phenoxy) is 3. The van der Waals surface area contributed by atoms with Crippen LogP contribution in [0.3, 0.4) is 0 Å². The third kappa shape index (κ3) is 4.20. The summed E-state index contributed by atoms with van der Waals surface area (Å²) in [5.74, 6) is 2.17. The monoisotopic (exact) mass is 403 g/mol. The lowest BCUT2D eigenvalue weighted by molar-refractivity contribution is -0.128. The molecule has 1 amide bonds. The van der Waals surface area contributed by atoms with E-state index >= 15 is 0 Å². The SMILES string of the molecule is COc1ccc(OC)c(-c2cc(Cl)c3c(c2)CC(CNC(=O)C(C)(C)C)O3)c1. The number of carbonyl (C=O) groups excluding carboxylic acids is 1. The van der Waals surface area contributed by atoms with Crippen LogP contribution in [0.4, 0.5) is 0 Å². The molecule has 0 bridgehead atoms. The van der Waals surface area contributed by atoms with Crippen LogP contribution in [-0.2, 0) is 11.2 Å². The highest BCUT2D eigenvalue weighted by Gasteiger charge is 2.28. The van der Waals surface area contributed by atoms with Crippen molar-refractivity contribution in [3.63, 3.8) is 0 Å². The van der Waals surface area contributed by atoms with E-state index in [1.165, 1.54) is 0 Å². The Balaban J connectivity index is 1.83. The van der Waals surface area contributed by atoms with Crippen LogP contribution in [0.25, 0.3) is 11.1 Å². The largest absolute Gasteiger partial charge is 0.497 e. The summed E-state index contributed by atoms with van der Waals surface area (Å²) in [5, 5.41) is 3.50. The van der Waals surface area contributed by atoms with Crippen molar-refractivity contribution < 1.29 is 19.0 Å². The van der Waals surface area contributed by atoms with Crippen LogP contribution in [0, 0.1) is 5.41 Å². The van der Waals surface area contributed by atoms with Crippen LogP contribution in [0.2, 0.25) is 5.02 Å². The van der Waals surface area contributed by atoms with E-state index in [0.29, 0.717) is 23.7 Å². The maximum Gasteiger partial charge on any atom is 0.225 e. The molecule has 1 aliphatic rings. The highest BCUT2D eigenvalue weighted by molar-refractivity contribution is 6.32. The lowest BCUT2D eigenvalue weighted by atomic mass is 9.95. The van der Waals surface area contributed by atoms with Crippen molar-refractivity contribution in [1.82, 2.24) is 5.32 Å². The molecule has 0 aliphatic carbocycles. The molecule has 5 nitrogen and oxygen atoms in total. The van der Waals surface area contributed by atoms with Crippen LogP contribution in [-0.4, -0.2) is 32.8 Å². The summed E-state index contributed by atoms with van der Waals surface area (Å²) in [6.07, 6.45) is 0.542. The molecule has 1 aliphatic heterocycles. The van der Waals surface area contributed by atoms with E-state index in [9.17, 15) is 4.79 Å². The molecule has 0 spiro atoms. The Morgan fingerprint density at radius 1 is 1.21 bits per heavy atom. The van der Waals surface area contributed by atoms with Gasteiger partial charge in [0, 0.05) is 23.0 Å². The predicted molar refractivity (Wildman–Crippen MR) is 111 cm³/mol. The normalized spacial score (nSPS) is 15.6. The molecule has 2 aromatic carbocycles. The molecule has 6 heteroatoms. The summed E-state index contributed by atoms with van der Waals surface area (Å²) >= 11 is 6.51. The topological polar surface area (TPSA) is 56.8 Å². The Labute approximate surface area is 170 Å². The molecule has 0 saturated carbocycles. The third-order valence-corrected chi connectivity index (χ3v) is 5.02. The Morgan fingerprint density at radius 2 is 1.96 bits per heavy atom. The summed E-state index contributed by atoms with van der Waals surface area (Å²) in [6.45, 7) is 6.10. The molecule has 0 radical (unpaired) electrons. The summed E-state index contributed by atoms with van der Waals surface area (Å²) < 4.78 is 16.8. The van der Waals surface area contributed by atoms with Gasteiger partial charge in [0.2, 0.25) is 5.91 Å². The first-order valence-electron chi connectivity index (χ1n) is 9.22. The van der Waals surface area contributed by atoms with Gasteiger partial charge in [-0.1, -0.05) is 32.4 Å². The Bertz CT molecular complexity index is 889. The molecule has 1 atom stereocenters. The molecule has 28 heavy (non-hydrogen) atoms. The molecule has 150 valence electrons. The van der Waals surface area contributed by atoms with Crippen molar-refractivity contribution in [2.45, 2.75) is 33.3 Å². The second kappa shape index (κ2) is 7.92. The maximum atomic E-state index is 12.1. The van der Waals surface area contributed by atoms with Gasteiger partial charge < -0.3 is 19.5 Å². The number of rotatable bonds is 5. The van der Waals surface area contributed by atoms with Crippen LogP contribution in [0.1, 0.15) is 26.3 Å². The smallest absolute Gasteiger partial charge is 0.225 e. The van der Waals surface area contributed by atoms with Crippen molar-refractivity contribution in [1.29, 1.82) is 0 Å². The fourth-order valence-corrected chi connectivity index (χ4v) is 3.45. The highest BCUT2D eigenvalue weighted by Crippen LogP contribution is 2.42. The van der Waals surface area contributed by atoms with Crippen molar-refractivity contribution in [3.8, 4) is 28.4 Å². The standard InChI is InChI=1S/C22H26ClNO4/c1-22(2,3)21(25)24-12-16-9-14-8-13(10-18(23)20(14)28-16)17-11-15(26-4)6-7-19(17)27-5/h6-8,10-11,16H,9,12H2,1-5H3,(H,24,25). The summed E-state index contributed by atoms with van der Waals surface area (Å²) in [5.41, 5.74) is 2.42. The molecule has 2 aromatic rings. The van der Waals surface area contributed by atoms with Gasteiger partial charge in [-0.2, -0.15) is 0 Å². The zero-order valence-electron chi connectivity index (χ0n) is 16.9. The molecule has 0 saturated heterocycles. The van der Waals surface area contributed by atoms with Crippen molar-refractivity contribution in [2.24, 2.45) is 5.41 Å². The number of carbonyl (C=O) groups is 1. The van der Waals surface area contributed by atoms with Gasteiger partial charge in [0.25, 0.3) is 0 Å². The molecule has 0 aromatic heterocycles. The van der Waals surface area contributed by atoms with E-state index in [-0.39, 0.29) is 12.0 Å². The Kier molecular flexibility index (Phi) is 5.75. The van der Waals surface area contributed by atoms with E-state index < -0.39 is 5.41 Å². The molecule has 1 N–H and O–H groups in total. The zero-order valence-corrected chi connectivity index (χ0v) is 17.6. The number of fused-ring (bicyclic) bond motifs is 1. The molecule has 0 fully saturated rings. The molecule has 3 rings (SSSR count). The number of hydrogen-bond donors (Lipinski definition) is 1. The van der Waals surface area contributed by atoms with E-state index in [1.54, 1.807) is 14.2 Å². The lowest BCUT2D eigenvalue weighted by Crippen LogP contribution is -2.40. The fraction of sp³-hybridized carbons (Fsp3) is 0.409. The van der Waals surface area contributed by atoms with Crippen LogP contribution in [0.15, 0.2) is 30.3 Å². The lowest BCUT2D eigenvalue weighted by Gasteiger charge is -2.19. The first-order chi connectivity index (χ1) is 13.2. The third-order valence-electron chi connectivity index (χ3n) is 4.74. The van der Waals surface area contributed by atoms with E-state index in [1.807, 2.05) is 45.0 Å². The number of methoxy groups -OCH3 is 2. The van der Waals surface area contributed by atoms with Gasteiger partial charge in [0.15, 0.2) is 0 Å². The number of amides is 1. The van der Waals surface area contributed by atoms with Crippen LogP contribution >= 0.6 is 11.6 Å². The highest BCUT2D eigenvalue weighted by atomic mass is 35.5. The zero-order chi connectivity index (χ0) is 20.5. The second-order valence-electron chi connectivity index (χ2n) is 7.92. The minimum Gasteiger partial charge on any atom is -0.497 e. The summed E-state index contributed by atoms with van der Waals surface area (Å²) in [4.78, 5) is 12.1. The Hall–Kier alpha value is -2.40. The van der Waals surface area contributed by atoms with Gasteiger partial charge in [-0.15, -0.1) is 0 Å². The van der Waals surface area contributed by atoms with Crippen LogP contribution in [0.5, 0.6) is 17.2 Å². The van der Waals surface area contributed by atoms with Crippen molar-refractivity contribution in [3.05, 3.63) is 40.9 Å². The van der Waals surface area contributed by atoms with Gasteiger partial charge in [-0.05, 0) is 35.9 Å². The summed E-state index contributed by atoms with van der Waals surface area (Å²) in [6, 6.07) is 9.58. The minimum atomic E-state index is -0.431. The van der Waals surface area contributed by atoms with Gasteiger partial charge in [0.05, 0.1) is 25.8 Å². The Morgan fingerprint density at radius 3 is 2.61 bits per heavy atom. The number of halogens is 1. The van der Waals surface area contributed by atoms with Crippen LogP contribution < -0.4 is 19.5 Å². The number of benzene rings is 2. The second-order valence-corrected chi connectivity index (χ2v) is 8.32. The molecular weight excluding hydrogens is 378 g/mol. The first kappa shape index (κ1) is 20.3. The van der Waals surface area contributed by atoms with Gasteiger partial charge in [-0.3, -0.25) is 4.79 Å². The fourth-order valence-electron chi connectivity index (χ4n) is 3.17. The summed E-state index contributed by atoms with van der Waals surface area (Å²) in [7, 11) is 3.27.